The molecular formula is C58H46Si. The molecule has 0 radical (unpaired) electrons. The lowest BCUT2D eigenvalue weighted by Crippen LogP contribution is -2.37. The molecule has 0 spiro atoms. The molecular weight excluding hydrogens is 725 g/mol. The molecule has 1 heteroatoms. The lowest BCUT2D eigenvalue weighted by atomic mass is 9.85. The predicted octanol–water partition coefficient (Wildman–Crippen LogP) is 16.4. The van der Waals surface area contributed by atoms with Crippen LogP contribution < -0.4 is 5.19 Å². The summed E-state index contributed by atoms with van der Waals surface area (Å²) in [5.74, 6) is 0.436. The number of fused-ring (bicyclic) bond motifs is 11. The van der Waals surface area contributed by atoms with Crippen molar-refractivity contribution < 1.29 is 0 Å². The minimum absolute atomic E-state index is 0.436. The van der Waals surface area contributed by atoms with E-state index in [1.54, 1.807) is 0 Å². The first-order chi connectivity index (χ1) is 28.7. The second kappa shape index (κ2) is 13.5. The SMILES string of the molecule is CC(C)c1ccc2c(-c3ccc4cc(-c5ccc6ccccc6c5)ccc4c3)cc(-c3cc4c5cc([Si](C)(C)C)ccc5c5ccccc5c4c4ccccc34)cc2c1. The van der Waals surface area contributed by atoms with Crippen LogP contribution in [0, 0.1) is 0 Å². The Morgan fingerprint density at radius 3 is 1.56 bits per heavy atom. The summed E-state index contributed by atoms with van der Waals surface area (Å²) in [4.78, 5) is 0. The molecule has 0 heterocycles. The van der Waals surface area contributed by atoms with Crippen LogP contribution in [-0.4, -0.2) is 8.07 Å². The van der Waals surface area contributed by atoms with Gasteiger partial charge in [-0.2, -0.15) is 0 Å². The lowest BCUT2D eigenvalue weighted by molar-refractivity contribution is 0.869. The Bertz CT molecular complexity index is 3510. The van der Waals surface area contributed by atoms with Gasteiger partial charge in [0.05, 0.1) is 8.07 Å². The quantitative estimate of drug-likeness (QED) is 0.121. The molecule has 0 aliphatic carbocycles. The van der Waals surface area contributed by atoms with Gasteiger partial charge in [-0.05, 0) is 157 Å². The molecule has 11 aromatic rings. The molecule has 0 fully saturated rings. The van der Waals surface area contributed by atoms with E-state index in [0.29, 0.717) is 5.92 Å². The van der Waals surface area contributed by atoms with E-state index in [1.807, 2.05) is 0 Å². The molecule has 0 saturated carbocycles. The summed E-state index contributed by atoms with van der Waals surface area (Å²) in [6.07, 6.45) is 0. The van der Waals surface area contributed by atoms with Crippen molar-refractivity contribution in [1.82, 2.24) is 0 Å². The van der Waals surface area contributed by atoms with Gasteiger partial charge >= 0.3 is 0 Å². The van der Waals surface area contributed by atoms with Crippen LogP contribution in [-0.2, 0) is 0 Å². The smallest absolute Gasteiger partial charge is 0.0656 e. The van der Waals surface area contributed by atoms with Crippen molar-refractivity contribution in [3.63, 3.8) is 0 Å². The molecule has 0 bridgehead atoms. The molecule has 11 rings (SSSR count). The maximum Gasteiger partial charge on any atom is 0.0776 e. The highest BCUT2D eigenvalue weighted by atomic mass is 28.3. The van der Waals surface area contributed by atoms with Gasteiger partial charge in [-0.1, -0.05) is 184 Å². The molecule has 0 saturated heterocycles. The number of rotatable bonds is 5. The highest BCUT2D eigenvalue weighted by Crippen LogP contribution is 2.45. The zero-order valence-electron chi connectivity index (χ0n) is 34.4. The number of benzene rings is 11. The van der Waals surface area contributed by atoms with Crippen molar-refractivity contribution >= 4 is 88.7 Å². The van der Waals surface area contributed by atoms with Gasteiger partial charge in [-0.15, -0.1) is 0 Å². The Labute approximate surface area is 347 Å². The third kappa shape index (κ3) is 5.95. The molecule has 0 amide bonds. The average Bonchev–Trinajstić information content (AvgIpc) is 3.27. The molecule has 0 aliphatic heterocycles. The topological polar surface area (TPSA) is 0 Å². The summed E-state index contributed by atoms with van der Waals surface area (Å²) in [5, 5.41) is 19.7. The molecule has 0 nitrogen and oxygen atoms in total. The van der Waals surface area contributed by atoms with Crippen molar-refractivity contribution in [3.8, 4) is 33.4 Å². The molecule has 0 unspecified atom stereocenters. The van der Waals surface area contributed by atoms with Gasteiger partial charge in [0, 0.05) is 0 Å². The maximum atomic E-state index is 2.52. The summed E-state index contributed by atoms with van der Waals surface area (Å²) < 4.78 is 0. The highest BCUT2D eigenvalue weighted by Gasteiger charge is 2.21. The minimum Gasteiger partial charge on any atom is -0.0656 e. The van der Waals surface area contributed by atoms with Gasteiger partial charge < -0.3 is 0 Å². The molecule has 0 N–H and O–H groups in total. The van der Waals surface area contributed by atoms with Gasteiger partial charge in [0.25, 0.3) is 0 Å². The van der Waals surface area contributed by atoms with Crippen LogP contribution in [0.25, 0.3) is 109 Å². The van der Waals surface area contributed by atoms with E-state index in [1.165, 1.54) is 120 Å². The van der Waals surface area contributed by atoms with Crippen molar-refractivity contribution in [2.45, 2.75) is 39.4 Å². The second-order valence-corrected chi connectivity index (χ2v) is 23.0. The van der Waals surface area contributed by atoms with Crippen LogP contribution in [0.4, 0.5) is 0 Å². The predicted molar refractivity (Wildman–Crippen MR) is 262 cm³/mol. The largest absolute Gasteiger partial charge is 0.0776 e. The zero-order valence-corrected chi connectivity index (χ0v) is 35.4. The van der Waals surface area contributed by atoms with Crippen molar-refractivity contribution in [3.05, 3.63) is 188 Å². The number of hydrogen-bond donors (Lipinski definition) is 0. The van der Waals surface area contributed by atoms with Gasteiger partial charge in [0.2, 0.25) is 0 Å². The van der Waals surface area contributed by atoms with Crippen molar-refractivity contribution in [2.24, 2.45) is 0 Å². The fourth-order valence-electron chi connectivity index (χ4n) is 9.62. The second-order valence-electron chi connectivity index (χ2n) is 17.9. The zero-order chi connectivity index (χ0) is 40.0. The van der Waals surface area contributed by atoms with Gasteiger partial charge in [0.1, 0.15) is 0 Å². The third-order valence-electron chi connectivity index (χ3n) is 12.9. The van der Waals surface area contributed by atoms with Crippen LogP contribution in [0.1, 0.15) is 25.3 Å². The summed E-state index contributed by atoms with van der Waals surface area (Å²) in [6, 6.07) is 69.3. The fourth-order valence-corrected chi connectivity index (χ4v) is 10.8. The minimum atomic E-state index is -1.58. The Morgan fingerprint density at radius 1 is 0.322 bits per heavy atom. The van der Waals surface area contributed by atoms with E-state index < -0.39 is 8.07 Å². The van der Waals surface area contributed by atoms with Crippen molar-refractivity contribution in [1.29, 1.82) is 0 Å². The van der Waals surface area contributed by atoms with Gasteiger partial charge in [-0.25, -0.2) is 0 Å². The third-order valence-corrected chi connectivity index (χ3v) is 14.9. The van der Waals surface area contributed by atoms with E-state index in [0.717, 1.165) is 0 Å². The van der Waals surface area contributed by atoms with Crippen LogP contribution in [0.15, 0.2) is 182 Å². The highest BCUT2D eigenvalue weighted by molar-refractivity contribution is 6.88. The van der Waals surface area contributed by atoms with E-state index >= 15 is 0 Å². The van der Waals surface area contributed by atoms with Crippen molar-refractivity contribution in [2.75, 3.05) is 0 Å². The number of hydrogen-bond acceptors (Lipinski definition) is 0. The lowest BCUT2D eigenvalue weighted by Gasteiger charge is -2.21. The summed E-state index contributed by atoms with van der Waals surface area (Å²) in [5.41, 5.74) is 8.88. The van der Waals surface area contributed by atoms with E-state index in [2.05, 4.69) is 215 Å². The normalized spacial score (nSPS) is 12.3. The van der Waals surface area contributed by atoms with Crippen LogP contribution in [0.3, 0.4) is 0 Å². The monoisotopic (exact) mass is 770 g/mol. The van der Waals surface area contributed by atoms with Gasteiger partial charge in [0.15, 0.2) is 0 Å². The summed E-state index contributed by atoms with van der Waals surface area (Å²) in [7, 11) is -1.58. The summed E-state index contributed by atoms with van der Waals surface area (Å²) in [6.45, 7) is 12.0. The van der Waals surface area contributed by atoms with E-state index in [9.17, 15) is 0 Å². The molecule has 0 atom stereocenters. The Kier molecular flexibility index (Phi) is 8.16. The first-order valence-corrected chi connectivity index (χ1v) is 24.6. The van der Waals surface area contributed by atoms with Gasteiger partial charge in [-0.3, -0.25) is 0 Å². The van der Waals surface area contributed by atoms with Crippen LogP contribution >= 0.6 is 0 Å². The Hall–Kier alpha value is -6.54. The first-order valence-electron chi connectivity index (χ1n) is 21.1. The molecule has 59 heavy (non-hydrogen) atoms. The summed E-state index contributed by atoms with van der Waals surface area (Å²) >= 11 is 0. The standard InChI is InChI=1S/C58H46Si/c1-36(2)38-24-26-48-45(28-38)32-46(33-54(48)44-23-22-42-30-41(20-21-43(42)31-44)40-19-18-37-12-6-7-13-39(37)29-40)55-35-57-56-34-47(59(3,4)5)25-27-51(56)49-14-8-10-16-52(49)58(57)53-17-11-9-15-50(53)55/h6-36H,1-5H3. The molecule has 282 valence electrons. The Balaban J connectivity index is 1.15. The Morgan fingerprint density at radius 2 is 0.847 bits per heavy atom. The van der Waals surface area contributed by atoms with Crippen LogP contribution in [0.2, 0.25) is 19.6 Å². The van der Waals surface area contributed by atoms with E-state index in [4.69, 9.17) is 0 Å². The molecule has 11 aromatic carbocycles. The first kappa shape index (κ1) is 35.6. The van der Waals surface area contributed by atoms with E-state index in [-0.39, 0.29) is 0 Å². The average molecular weight is 771 g/mol. The molecule has 0 aromatic heterocycles. The fraction of sp³-hybridized carbons (Fsp3) is 0.103. The maximum absolute atomic E-state index is 2.52. The van der Waals surface area contributed by atoms with Crippen LogP contribution in [0.5, 0.6) is 0 Å². The molecule has 0 aliphatic rings.